The fraction of sp³-hybridized carbons (Fsp3) is 0.811. The van der Waals surface area contributed by atoms with Crippen molar-refractivity contribution in [1.29, 1.82) is 0 Å². The predicted octanol–water partition coefficient (Wildman–Crippen LogP) is 14.8. The molecule has 0 aliphatic heterocycles. The summed E-state index contributed by atoms with van der Waals surface area (Å²) in [5, 5.41) is 0. The topological polar surface area (TPSA) is 111 Å². The monoisotopic (exact) mass is 908 g/mol. The van der Waals surface area contributed by atoms with Gasteiger partial charge in [0.2, 0.25) is 0 Å². The number of carbonyl (C=O) groups is 2. The van der Waals surface area contributed by atoms with Crippen molar-refractivity contribution in [3.63, 3.8) is 0 Å². The van der Waals surface area contributed by atoms with Crippen LogP contribution in [0.5, 0.6) is 0 Å². The molecule has 368 valence electrons. The van der Waals surface area contributed by atoms with E-state index < -0.39 is 26.5 Å². The van der Waals surface area contributed by atoms with Crippen molar-refractivity contribution in [2.24, 2.45) is 0 Å². The van der Waals surface area contributed by atoms with Gasteiger partial charge in [-0.25, -0.2) is 0 Å². The maximum absolute atomic E-state index is 12.7. The number of carbonyl (C=O) groups excluding carboxylic acids is 2. The molecule has 2 atom stereocenters. The van der Waals surface area contributed by atoms with Crippen molar-refractivity contribution in [3.05, 3.63) is 48.6 Å². The summed E-state index contributed by atoms with van der Waals surface area (Å²) in [4.78, 5) is 37.7. The normalized spacial score (nSPS) is 13.8. The van der Waals surface area contributed by atoms with Crippen LogP contribution in [-0.2, 0) is 32.7 Å². The van der Waals surface area contributed by atoms with Crippen LogP contribution in [0.3, 0.4) is 0 Å². The molecule has 10 heteroatoms. The summed E-state index contributed by atoms with van der Waals surface area (Å²) in [7, 11) is 1.15. The first-order valence-electron chi connectivity index (χ1n) is 25.8. The molecule has 9 nitrogen and oxygen atoms in total. The summed E-state index contributed by atoms with van der Waals surface area (Å²) in [6.07, 6.45) is 54.3. The molecular weight excluding hydrogens is 810 g/mol. The van der Waals surface area contributed by atoms with Gasteiger partial charge in [0.05, 0.1) is 27.7 Å². The van der Waals surface area contributed by atoms with Crippen molar-refractivity contribution >= 4 is 19.8 Å². The summed E-state index contributed by atoms with van der Waals surface area (Å²) < 4.78 is 34.0. The van der Waals surface area contributed by atoms with Gasteiger partial charge in [-0.1, -0.05) is 204 Å². The van der Waals surface area contributed by atoms with Crippen LogP contribution in [0.1, 0.15) is 226 Å². The van der Waals surface area contributed by atoms with Gasteiger partial charge in [0.1, 0.15) is 19.8 Å². The molecule has 0 saturated carbocycles. The number of unbranched alkanes of at least 4 members (excludes halogenated alkanes) is 25. The highest BCUT2D eigenvalue weighted by atomic mass is 31.2. The zero-order chi connectivity index (χ0) is 46.4. The lowest BCUT2D eigenvalue weighted by atomic mass is 10.0. The first kappa shape index (κ1) is 61.0. The van der Waals surface area contributed by atoms with Gasteiger partial charge in [-0.15, -0.1) is 0 Å². The molecule has 0 aromatic heterocycles. The molecule has 0 aliphatic carbocycles. The third-order valence-electron chi connectivity index (χ3n) is 11.1. The Balaban J connectivity index is 4.29. The molecule has 0 aromatic rings. The number of allylic oxidation sites excluding steroid dienone is 8. The number of ether oxygens (including phenoxy) is 2. The van der Waals surface area contributed by atoms with E-state index in [1.54, 1.807) is 0 Å². The summed E-state index contributed by atoms with van der Waals surface area (Å²) in [6, 6.07) is 0. The number of esters is 2. The minimum atomic E-state index is -4.64. The Labute approximate surface area is 388 Å². The van der Waals surface area contributed by atoms with Gasteiger partial charge in [-0.05, 0) is 57.8 Å². The number of likely N-dealkylation sites (N-methyl/N-ethyl adjacent to an activating group) is 1. The highest BCUT2D eigenvalue weighted by molar-refractivity contribution is 7.45. The SMILES string of the molecule is CCCCC/C=C/C/C=C/C/C=C/C/C=C/CCCCCC(=O)O[C@H](COC(=O)CCCCCCCCCCCCCCCCCCCCCC)COP(=O)([O-])OCC[N+](C)(C)C. The van der Waals surface area contributed by atoms with Crippen molar-refractivity contribution in [1.82, 2.24) is 0 Å². The zero-order valence-corrected chi connectivity index (χ0v) is 42.4. The van der Waals surface area contributed by atoms with Crippen molar-refractivity contribution in [2.45, 2.75) is 232 Å². The fourth-order valence-corrected chi connectivity index (χ4v) is 7.78. The Kier molecular flexibility index (Phi) is 43.7. The van der Waals surface area contributed by atoms with E-state index in [0.717, 1.165) is 57.8 Å². The summed E-state index contributed by atoms with van der Waals surface area (Å²) in [5.74, 6) is -0.863. The van der Waals surface area contributed by atoms with E-state index in [1.165, 1.54) is 135 Å². The van der Waals surface area contributed by atoms with Gasteiger partial charge >= 0.3 is 11.9 Å². The standard InChI is InChI=1S/C53H98NO8P/c1-6-8-10-12-14-16-18-20-22-24-26-28-29-31-33-35-37-39-41-43-45-52(55)59-49-51(50-61-63(57,58)60-48-47-54(3,4)5)62-53(56)46-44-42-40-38-36-34-32-30-27-25-23-21-19-17-15-13-11-9-7-2/h15,17,21,23,27,30,34,36,51H,6-14,16,18-20,22,24-26,28-29,31-33,35,37-50H2,1-5H3/b17-15+,23-21+,30-27+,36-34+/t51-/m1/s1. The quantitative estimate of drug-likeness (QED) is 0.0195. The third kappa shape index (κ3) is 49.2. The first-order chi connectivity index (χ1) is 30.5. The summed E-state index contributed by atoms with van der Waals surface area (Å²) >= 11 is 0. The van der Waals surface area contributed by atoms with Gasteiger partial charge in [-0.2, -0.15) is 0 Å². The molecule has 0 amide bonds. The van der Waals surface area contributed by atoms with Crippen molar-refractivity contribution < 1.29 is 42.1 Å². The van der Waals surface area contributed by atoms with Crippen LogP contribution in [0.4, 0.5) is 0 Å². The predicted molar refractivity (Wildman–Crippen MR) is 264 cm³/mol. The first-order valence-corrected chi connectivity index (χ1v) is 27.3. The molecular formula is C53H98NO8P. The van der Waals surface area contributed by atoms with E-state index in [0.29, 0.717) is 17.4 Å². The van der Waals surface area contributed by atoms with Crippen LogP contribution >= 0.6 is 7.82 Å². The van der Waals surface area contributed by atoms with Crippen LogP contribution in [0, 0.1) is 0 Å². The average molecular weight is 908 g/mol. The lowest BCUT2D eigenvalue weighted by molar-refractivity contribution is -0.870. The van der Waals surface area contributed by atoms with Crippen molar-refractivity contribution in [3.8, 4) is 0 Å². The zero-order valence-electron chi connectivity index (χ0n) is 41.5. The minimum absolute atomic E-state index is 0.0374. The Morgan fingerprint density at radius 2 is 0.857 bits per heavy atom. The van der Waals surface area contributed by atoms with Crippen molar-refractivity contribution in [2.75, 3.05) is 47.5 Å². The maximum Gasteiger partial charge on any atom is 0.306 e. The number of rotatable bonds is 47. The highest BCUT2D eigenvalue weighted by Crippen LogP contribution is 2.38. The maximum atomic E-state index is 12.7. The van der Waals surface area contributed by atoms with Crippen LogP contribution in [0.25, 0.3) is 0 Å². The van der Waals surface area contributed by atoms with Crippen LogP contribution in [0.15, 0.2) is 48.6 Å². The largest absolute Gasteiger partial charge is 0.756 e. The molecule has 0 spiro atoms. The number of phosphoric ester groups is 1. The van der Waals surface area contributed by atoms with Crippen LogP contribution in [0.2, 0.25) is 0 Å². The molecule has 0 heterocycles. The fourth-order valence-electron chi connectivity index (χ4n) is 7.05. The third-order valence-corrected chi connectivity index (χ3v) is 12.1. The molecule has 0 aliphatic rings. The Morgan fingerprint density at radius 3 is 1.30 bits per heavy atom. The molecule has 0 aromatic carbocycles. The molecule has 0 N–H and O–H groups in total. The lowest BCUT2D eigenvalue weighted by Gasteiger charge is -2.28. The van der Waals surface area contributed by atoms with E-state index in [4.69, 9.17) is 18.5 Å². The number of quaternary nitrogens is 1. The Hall–Kier alpha value is -2.03. The van der Waals surface area contributed by atoms with Gasteiger partial charge in [0, 0.05) is 12.8 Å². The molecule has 63 heavy (non-hydrogen) atoms. The smallest absolute Gasteiger partial charge is 0.306 e. The second-order valence-corrected chi connectivity index (χ2v) is 20.0. The second-order valence-electron chi connectivity index (χ2n) is 18.5. The number of phosphoric acid groups is 1. The molecule has 0 rings (SSSR count). The number of nitrogens with zero attached hydrogens (tertiary/aromatic N) is 1. The van der Waals surface area contributed by atoms with E-state index in [2.05, 4.69) is 62.5 Å². The summed E-state index contributed by atoms with van der Waals surface area (Å²) in [6.45, 7) is 4.19. The van der Waals surface area contributed by atoms with Gasteiger partial charge < -0.3 is 27.9 Å². The minimum Gasteiger partial charge on any atom is -0.756 e. The van der Waals surface area contributed by atoms with Gasteiger partial charge in [0.25, 0.3) is 7.82 Å². The van der Waals surface area contributed by atoms with Crippen LogP contribution < -0.4 is 4.89 Å². The molecule has 0 bridgehead atoms. The molecule has 1 unspecified atom stereocenters. The Morgan fingerprint density at radius 1 is 0.492 bits per heavy atom. The number of hydrogen-bond acceptors (Lipinski definition) is 8. The van der Waals surface area contributed by atoms with Crippen LogP contribution in [-0.4, -0.2) is 70.0 Å². The molecule has 0 saturated heterocycles. The van der Waals surface area contributed by atoms with E-state index >= 15 is 0 Å². The van der Waals surface area contributed by atoms with E-state index in [1.807, 2.05) is 21.1 Å². The average Bonchev–Trinajstić information content (AvgIpc) is 3.24. The summed E-state index contributed by atoms with van der Waals surface area (Å²) in [5.41, 5.74) is 0. The lowest BCUT2D eigenvalue weighted by Crippen LogP contribution is -2.37. The molecule has 0 fully saturated rings. The highest BCUT2D eigenvalue weighted by Gasteiger charge is 2.21. The van der Waals surface area contributed by atoms with Gasteiger partial charge in [0.15, 0.2) is 6.10 Å². The van der Waals surface area contributed by atoms with E-state index in [-0.39, 0.29) is 32.0 Å². The number of hydrogen-bond donors (Lipinski definition) is 0. The Bertz CT molecular complexity index is 1210. The van der Waals surface area contributed by atoms with E-state index in [9.17, 15) is 19.0 Å². The second kappa shape index (κ2) is 45.1. The molecule has 0 radical (unpaired) electrons. The van der Waals surface area contributed by atoms with Gasteiger partial charge in [-0.3, -0.25) is 14.2 Å².